The third-order valence-corrected chi connectivity index (χ3v) is 4.76. The number of nitrogens with zero attached hydrogens (tertiary/aromatic N) is 3. The normalized spacial score (nSPS) is 12.3. The Morgan fingerprint density at radius 1 is 1.28 bits per heavy atom. The van der Waals surface area contributed by atoms with Gasteiger partial charge in [0.25, 0.3) is 5.91 Å². The molecule has 3 rings (SSSR count). The van der Waals surface area contributed by atoms with Gasteiger partial charge in [0, 0.05) is 36.1 Å². The fourth-order valence-electron chi connectivity index (χ4n) is 3.01. The summed E-state index contributed by atoms with van der Waals surface area (Å²) in [7, 11) is 0. The van der Waals surface area contributed by atoms with Gasteiger partial charge in [-0.3, -0.25) is 9.78 Å². The van der Waals surface area contributed by atoms with Crippen molar-refractivity contribution in [2.24, 2.45) is 0 Å². The molecule has 1 N–H and O–H groups in total. The lowest BCUT2D eigenvalue weighted by molar-refractivity contribution is 0.0953. The van der Waals surface area contributed by atoms with Crippen LogP contribution in [-0.2, 0) is 0 Å². The first-order chi connectivity index (χ1) is 12.0. The molecule has 0 aliphatic rings. The summed E-state index contributed by atoms with van der Waals surface area (Å²) < 4.78 is 2.05. The number of aromatic nitrogens is 3. The van der Waals surface area contributed by atoms with E-state index in [1.807, 2.05) is 35.9 Å². The van der Waals surface area contributed by atoms with Crippen LogP contribution in [0, 0.1) is 20.8 Å². The smallest absolute Gasteiger partial charge is 0.252 e. The first-order valence-electron chi connectivity index (χ1n) is 8.60. The molecular formula is C20H24N4O. The van der Waals surface area contributed by atoms with Crippen LogP contribution in [0.25, 0.3) is 10.9 Å². The molecule has 1 amide bonds. The van der Waals surface area contributed by atoms with E-state index in [9.17, 15) is 4.79 Å². The third kappa shape index (κ3) is 3.55. The highest BCUT2D eigenvalue weighted by Crippen LogP contribution is 2.24. The molecule has 0 bridgehead atoms. The van der Waals surface area contributed by atoms with Crippen molar-refractivity contribution in [3.05, 3.63) is 59.3 Å². The zero-order chi connectivity index (χ0) is 18.0. The average molecular weight is 336 g/mol. The van der Waals surface area contributed by atoms with Crippen LogP contribution in [-0.4, -0.2) is 27.0 Å². The SMILES string of the molecule is Cc1cc(C(=O)NCC[C@@H](C)n2ccnc2)c2ccc(C)c(C)c2n1. The summed E-state index contributed by atoms with van der Waals surface area (Å²) in [6.45, 7) is 8.78. The summed E-state index contributed by atoms with van der Waals surface area (Å²) in [4.78, 5) is 21.4. The standard InChI is InChI=1S/C20H24N4O/c1-13-5-6-17-18(11-14(2)23-19(17)16(13)4)20(25)22-8-7-15(3)24-10-9-21-12-24/h5-6,9-12,15H,7-8H2,1-4H3,(H,22,25)/t15-/m1/s1. The molecule has 2 heterocycles. The van der Waals surface area contributed by atoms with Gasteiger partial charge in [0.15, 0.2) is 0 Å². The molecule has 0 fully saturated rings. The minimum Gasteiger partial charge on any atom is -0.352 e. The Bertz CT molecular complexity index is 900. The van der Waals surface area contributed by atoms with E-state index in [0.29, 0.717) is 18.2 Å². The van der Waals surface area contributed by atoms with E-state index in [1.54, 1.807) is 12.5 Å². The highest BCUT2D eigenvalue weighted by atomic mass is 16.1. The van der Waals surface area contributed by atoms with Gasteiger partial charge >= 0.3 is 0 Å². The summed E-state index contributed by atoms with van der Waals surface area (Å²) in [5.74, 6) is -0.0448. The van der Waals surface area contributed by atoms with Gasteiger partial charge in [0.05, 0.1) is 17.4 Å². The molecule has 0 unspecified atom stereocenters. The van der Waals surface area contributed by atoms with Gasteiger partial charge in [-0.2, -0.15) is 0 Å². The van der Waals surface area contributed by atoms with Crippen molar-refractivity contribution in [2.45, 2.75) is 40.2 Å². The fraction of sp³-hybridized carbons (Fsp3) is 0.350. The number of imidazole rings is 1. The minimum absolute atomic E-state index is 0.0448. The van der Waals surface area contributed by atoms with Crippen LogP contribution >= 0.6 is 0 Å². The van der Waals surface area contributed by atoms with Crippen molar-refractivity contribution in [3.8, 4) is 0 Å². The first-order valence-corrected chi connectivity index (χ1v) is 8.60. The topological polar surface area (TPSA) is 59.8 Å². The van der Waals surface area contributed by atoms with E-state index in [-0.39, 0.29) is 5.91 Å². The molecule has 1 atom stereocenters. The molecule has 0 aliphatic heterocycles. The van der Waals surface area contributed by atoms with Crippen molar-refractivity contribution in [1.29, 1.82) is 0 Å². The Balaban J connectivity index is 1.77. The van der Waals surface area contributed by atoms with Crippen LogP contribution in [0.5, 0.6) is 0 Å². The van der Waals surface area contributed by atoms with Gasteiger partial charge in [-0.05, 0) is 51.3 Å². The van der Waals surface area contributed by atoms with E-state index < -0.39 is 0 Å². The number of amides is 1. The summed E-state index contributed by atoms with van der Waals surface area (Å²) in [5.41, 5.74) is 4.78. The summed E-state index contributed by atoms with van der Waals surface area (Å²) in [6, 6.07) is 6.20. The quantitative estimate of drug-likeness (QED) is 0.772. The van der Waals surface area contributed by atoms with Crippen molar-refractivity contribution in [2.75, 3.05) is 6.54 Å². The Hall–Kier alpha value is -2.69. The predicted octanol–water partition coefficient (Wildman–Crippen LogP) is 3.74. The second-order valence-corrected chi connectivity index (χ2v) is 6.62. The molecule has 3 aromatic rings. The van der Waals surface area contributed by atoms with Gasteiger partial charge in [-0.1, -0.05) is 12.1 Å². The number of fused-ring (bicyclic) bond motifs is 1. The molecule has 2 aromatic heterocycles. The van der Waals surface area contributed by atoms with Crippen LogP contribution < -0.4 is 5.32 Å². The van der Waals surface area contributed by atoms with Crippen molar-refractivity contribution >= 4 is 16.8 Å². The molecular weight excluding hydrogens is 312 g/mol. The average Bonchev–Trinajstić information content (AvgIpc) is 3.12. The highest BCUT2D eigenvalue weighted by Gasteiger charge is 2.14. The maximum absolute atomic E-state index is 12.7. The van der Waals surface area contributed by atoms with Crippen LogP contribution in [0.3, 0.4) is 0 Å². The second kappa shape index (κ2) is 7.05. The Kier molecular flexibility index (Phi) is 4.83. The first kappa shape index (κ1) is 17.1. The van der Waals surface area contributed by atoms with Gasteiger partial charge < -0.3 is 9.88 Å². The molecule has 0 saturated heterocycles. The number of aryl methyl sites for hydroxylation is 3. The number of carbonyl (C=O) groups is 1. The van der Waals surface area contributed by atoms with Crippen molar-refractivity contribution in [3.63, 3.8) is 0 Å². The predicted molar refractivity (Wildman–Crippen MR) is 99.8 cm³/mol. The maximum atomic E-state index is 12.7. The highest BCUT2D eigenvalue weighted by molar-refractivity contribution is 6.07. The fourth-order valence-corrected chi connectivity index (χ4v) is 3.01. The van der Waals surface area contributed by atoms with Crippen molar-refractivity contribution in [1.82, 2.24) is 19.9 Å². The third-order valence-electron chi connectivity index (χ3n) is 4.76. The van der Waals surface area contributed by atoms with Crippen molar-refractivity contribution < 1.29 is 4.79 Å². The van der Waals surface area contributed by atoms with E-state index in [1.165, 1.54) is 5.56 Å². The van der Waals surface area contributed by atoms with Gasteiger partial charge in [0.2, 0.25) is 0 Å². The Morgan fingerprint density at radius 2 is 2.08 bits per heavy atom. The summed E-state index contributed by atoms with van der Waals surface area (Å²) >= 11 is 0. The van der Waals surface area contributed by atoms with Gasteiger partial charge in [0.1, 0.15) is 0 Å². The van der Waals surface area contributed by atoms with Crippen LogP contribution in [0.2, 0.25) is 0 Å². The molecule has 5 heteroatoms. The molecule has 0 spiro atoms. The number of hydrogen-bond acceptors (Lipinski definition) is 3. The molecule has 0 aliphatic carbocycles. The summed E-state index contributed by atoms with van der Waals surface area (Å²) in [5, 5.41) is 3.96. The molecule has 0 radical (unpaired) electrons. The molecule has 5 nitrogen and oxygen atoms in total. The van der Waals surface area contributed by atoms with Gasteiger partial charge in [-0.15, -0.1) is 0 Å². The lowest BCUT2D eigenvalue weighted by Gasteiger charge is -2.14. The number of carbonyl (C=O) groups excluding carboxylic acids is 1. The zero-order valence-corrected chi connectivity index (χ0v) is 15.2. The Labute approximate surface area is 148 Å². The van der Waals surface area contributed by atoms with Gasteiger partial charge in [-0.25, -0.2) is 4.98 Å². The summed E-state index contributed by atoms with van der Waals surface area (Å²) in [6.07, 6.45) is 6.36. The minimum atomic E-state index is -0.0448. The van der Waals surface area contributed by atoms with Crippen LogP contribution in [0.1, 0.15) is 46.6 Å². The zero-order valence-electron chi connectivity index (χ0n) is 15.2. The second-order valence-electron chi connectivity index (χ2n) is 6.62. The van der Waals surface area contributed by atoms with Crippen LogP contribution in [0.4, 0.5) is 0 Å². The lowest BCUT2D eigenvalue weighted by atomic mass is 10.0. The molecule has 1 aromatic carbocycles. The molecule has 130 valence electrons. The number of hydrogen-bond donors (Lipinski definition) is 1. The monoisotopic (exact) mass is 336 g/mol. The largest absolute Gasteiger partial charge is 0.352 e. The number of rotatable bonds is 5. The Morgan fingerprint density at radius 3 is 2.80 bits per heavy atom. The van der Waals surface area contributed by atoms with E-state index in [2.05, 4.69) is 36.1 Å². The van der Waals surface area contributed by atoms with Crippen LogP contribution in [0.15, 0.2) is 36.9 Å². The number of nitrogens with one attached hydrogen (secondary N) is 1. The van der Waals surface area contributed by atoms with E-state index >= 15 is 0 Å². The molecule has 25 heavy (non-hydrogen) atoms. The lowest BCUT2D eigenvalue weighted by Crippen LogP contribution is -2.26. The van der Waals surface area contributed by atoms with E-state index in [4.69, 9.17) is 0 Å². The number of pyridine rings is 1. The molecule has 0 saturated carbocycles. The van der Waals surface area contributed by atoms with E-state index in [0.717, 1.165) is 28.6 Å². The number of benzene rings is 1. The maximum Gasteiger partial charge on any atom is 0.252 e.